The number of phenols is 2. The van der Waals surface area contributed by atoms with Gasteiger partial charge in [0.1, 0.15) is 11.3 Å². The molecule has 43 heavy (non-hydrogen) atoms. The van der Waals surface area contributed by atoms with Crippen LogP contribution in [0.5, 0.6) is 17.2 Å². The zero-order valence-corrected chi connectivity index (χ0v) is 25.6. The van der Waals surface area contributed by atoms with Crippen LogP contribution in [0.1, 0.15) is 34.7 Å². The maximum absolute atomic E-state index is 14.0. The largest absolute Gasteiger partial charge is 0.507 e. The first-order valence-corrected chi connectivity index (χ1v) is 14.6. The van der Waals surface area contributed by atoms with E-state index >= 15 is 0 Å². The van der Waals surface area contributed by atoms with Gasteiger partial charge in [-0.2, -0.15) is 0 Å². The van der Waals surface area contributed by atoms with E-state index in [1.54, 1.807) is 6.08 Å². The van der Waals surface area contributed by atoms with Gasteiger partial charge in [-0.1, -0.05) is 11.6 Å². The van der Waals surface area contributed by atoms with Crippen molar-refractivity contribution in [2.45, 2.75) is 28.5 Å². The van der Waals surface area contributed by atoms with Crippen molar-refractivity contribution < 1.29 is 44.0 Å². The summed E-state index contributed by atoms with van der Waals surface area (Å²) in [6, 6.07) is 6.42. The minimum atomic E-state index is -2.01. The molecule has 2 aromatic carbocycles. The lowest BCUT2D eigenvalue weighted by Crippen LogP contribution is -2.60. The fourth-order valence-corrected chi connectivity index (χ4v) is 8.61. The molecule has 224 valence electrons. The molecule has 11 nitrogen and oxygen atoms in total. The quantitative estimate of drug-likeness (QED) is 0.246. The third kappa shape index (κ3) is 3.75. The molecule has 0 bridgehead atoms. The van der Waals surface area contributed by atoms with Crippen molar-refractivity contribution in [3.8, 4) is 17.2 Å². The van der Waals surface area contributed by atoms with Gasteiger partial charge in [0.05, 0.1) is 29.1 Å². The average molecular weight is 694 g/mol. The van der Waals surface area contributed by atoms with Crippen LogP contribution in [0, 0.1) is 17.8 Å². The smallest absolute Gasteiger partial charge is 0.339 e. The van der Waals surface area contributed by atoms with E-state index in [0.29, 0.717) is 11.1 Å². The maximum atomic E-state index is 14.0. The van der Waals surface area contributed by atoms with Gasteiger partial charge < -0.3 is 20.1 Å². The number of carboxylic acid groups (broad SMARTS) is 1. The Labute approximate surface area is 262 Å². The van der Waals surface area contributed by atoms with Crippen molar-refractivity contribution in [3.05, 3.63) is 57.6 Å². The molecule has 2 saturated heterocycles. The Morgan fingerprint density at radius 2 is 1.74 bits per heavy atom. The number of nitrogens with zero attached hydrogens (tertiary/aromatic N) is 2. The number of carboxylic acids is 1. The number of phenolic OH excluding ortho intramolecular Hbond substituents is 1. The molecular weight excluding hydrogens is 671 g/mol. The van der Waals surface area contributed by atoms with E-state index in [-0.39, 0.29) is 34.5 Å². The highest BCUT2D eigenvalue weighted by Crippen LogP contribution is 2.65. The fourth-order valence-electron chi connectivity index (χ4n) is 7.13. The van der Waals surface area contributed by atoms with Crippen LogP contribution < -0.4 is 9.64 Å². The van der Waals surface area contributed by atoms with Crippen molar-refractivity contribution in [1.29, 1.82) is 0 Å². The lowest BCUT2D eigenvalue weighted by atomic mass is 9.56. The number of methoxy groups -OCH3 is 1. The number of anilines is 1. The number of imide groups is 2. The molecule has 4 aliphatic rings. The number of aromatic carboxylic acids is 1. The summed E-state index contributed by atoms with van der Waals surface area (Å²) in [4.78, 5) is 64.1. The van der Waals surface area contributed by atoms with E-state index in [2.05, 4.69) is 15.9 Å². The molecule has 2 aromatic rings. The molecule has 0 aromatic heterocycles. The number of fused-ring (bicyclic) bond motifs is 4. The van der Waals surface area contributed by atoms with Crippen molar-refractivity contribution in [2.24, 2.45) is 17.8 Å². The summed E-state index contributed by atoms with van der Waals surface area (Å²) in [5.41, 5.74) is 0.518. The molecule has 4 amide bonds. The summed E-state index contributed by atoms with van der Waals surface area (Å²) in [7, 11) is 2.62. The van der Waals surface area contributed by atoms with E-state index in [4.69, 9.17) is 27.9 Å². The SMILES string of the molecule is COc1cc(C2C3=CCC4C(=O)N(c5ccc(C(=O)O)c(O)c5)C(=O)C4C3CC3(Cl)C(=O)N(C)C(=O)C23Cl)cc(Br)c1O. The van der Waals surface area contributed by atoms with Gasteiger partial charge in [0.25, 0.3) is 11.8 Å². The number of hydrogen-bond acceptors (Lipinski definition) is 8. The maximum Gasteiger partial charge on any atom is 0.339 e. The fraction of sp³-hybridized carbons (Fsp3) is 0.345. The van der Waals surface area contributed by atoms with E-state index in [1.165, 1.54) is 32.4 Å². The zero-order valence-electron chi connectivity index (χ0n) is 22.5. The predicted molar refractivity (Wildman–Crippen MR) is 155 cm³/mol. The Kier molecular flexibility index (Phi) is 6.64. The number of allylic oxidation sites excluding steroid dienone is 2. The molecule has 3 fully saturated rings. The van der Waals surface area contributed by atoms with Crippen LogP contribution in [0.2, 0.25) is 0 Å². The van der Waals surface area contributed by atoms with Gasteiger partial charge in [0.2, 0.25) is 11.8 Å². The number of amides is 4. The molecule has 3 N–H and O–H groups in total. The minimum absolute atomic E-state index is 0.00728. The molecule has 6 atom stereocenters. The molecule has 6 rings (SSSR count). The minimum Gasteiger partial charge on any atom is -0.507 e. The number of hydrogen-bond donors (Lipinski definition) is 3. The van der Waals surface area contributed by atoms with Crippen molar-refractivity contribution in [2.75, 3.05) is 19.1 Å². The Hall–Kier alpha value is -3.61. The Balaban J connectivity index is 1.51. The number of halogens is 3. The Bertz CT molecular complexity index is 1710. The Morgan fingerprint density at radius 3 is 2.37 bits per heavy atom. The predicted octanol–water partition coefficient (Wildman–Crippen LogP) is 3.76. The molecule has 2 aliphatic carbocycles. The first kappa shape index (κ1) is 29.5. The molecule has 2 aliphatic heterocycles. The van der Waals surface area contributed by atoms with E-state index in [9.17, 15) is 39.3 Å². The molecular formula is C29H23BrCl2N2O9. The summed E-state index contributed by atoms with van der Waals surface area (Å²) in [6.07, 6.45) is 1.63. The number of carbonyl (C=O) groups is 5. The first-order valence-electron chi connectivity index (χ1n) is 13.1. The van der Waals surface area contributed by atoms with Crippen molar-refractivity contribution in [3.63, 3.8) is 0 Å². The lowest BCUT2D eigenvalue weighted by molar-refractivity contribution is -0.138. The number of benzene rings is 2. The van der Waals surface area contributed by atoms with Gasteiger partial charge in [-0.15, -0.1) is 23.2 Å². The van der Waals surface area contributed by atoms with Gasteiger partial charge in [0.15, 0.2) is 21.2 Å². The topological polar surface area (TPSA) is 162 Å². The summed E-state index contributed by atoms with van der Waals surface area (Å²) in [6.45, 7) is 0. The Morgan fingerprint density at radius 1 is 1.05 bits per heavy atom. The monoisotopic (exact) mass is 692 g/mol. The van der Waals surface area contributed by atoms with Gasteiger partial charge >= 0.3 is 5.97 Å². The molecule has 14 heteroatoms. The second-order valence-electron chi connectivity index (χ2n) is 11.1. The van der Waals surface area contributed by atoms with E-state index < -0.39 is 74.3 Å². The van der Waals surface area contributed by atoms with E-state index in [0.717, 1.165) is 21.9 Å². The van der Waals surface area contributed by atoms with Crippen LogP contribution >= 0.6 is 39.1 Å². The zero-order chi connectivity index (χ0) is 31.3. The van der Waals surface area contributed by atoms with Crippen molar-refractivity contribution >= 4 is 74.4 Å². The third-order valence-corrected chi connectivity index (χ3v) is 11.1. The summed E-state index contributed by atoms with van der Waals surface area (Å²) >= 11 is 17.6. The number of aromatic hydroxyl groups is 2. The van der Waals surface area contributed by atoms with Gasteiger partial charge in [0, 0.05) is 19.0 Å². The number of carbonyl (C=O) groups excluding carboxylic acids is 4. The second kappa shape index (κ2) is 9.70. The highest BCUT2D eigenvalue weighted by atomic mass is 79.9. The normalized spacial score (nSPS) is 31.5. The third-order valence-electron chi connectivity index (χ3n) is 9.09. The highest BCUT2D eigenvalue weighted by molar-refractivity contribution is 9.10. The molecule has 0 radical (unpaired) electrons. The summed E-state index contributed by atoms with van der Waals surface area (Å²) in [5.74, 6) is -8.50. The molecule has 1 saturated carbocycles. The molecule has 6 unspecified atom stereocenters. The van der Waals surface area contributed by atoms with Crippen molar-refractivity contribution in [1.82, 2.24) is 4.90 Å². The first-order chi connectivity index (χ1) is 20.2. The summed E-state index contributed by atoms with van der Waals surface area (Å²) < 4.78 is 5.56. The number of alkyl halides is 2. The van der Waals surface area contributed by atoms with Crippen LogP contribution in [-0.2, 0) is 19.2 Å². The van der Waals surface area contributed by atoms with Crippen LogP contribution in [0.25, 0.3) is 0 Å². The number of rotatable bonds is 4. The number of likely N-dealkylation sites (tertiary alicyclic amines) is 1. The highest BCUT2D eigenvalue weighted by Gasteiger charge is 2.76. The van der Waals surface area contributed by atoms with Gasteiger partial charge in [-0.25, -0.2) is 9.69 Å². The van der Waals surface area contributed by atoms with E-state index in [1.807, 2.05) is 0 Å². The lowest BCUT2D eigenvalue weighted by Gasteiger charge is -2.50. The second-order valence-corrected chi connectivity index (χ2v) is 13.2. The molecule has 2 heterocycles. The van der Waals surface area contributed by atoms with Crippen LogP contribution in [0.4, 0.5) is 5.69 Å². The van der Waals surface area contributed by atoms with Crippen LogP contribution in [-0.4, -0.2) is 73.7 Å². The number of ether oxygens (including phenoxy) is 1. The average Bonchev–Trinajstić information content (AvgIpc) is 3.29. The molecule has 0 spiro atoms. The van der Waals surface area contributed by atoms with Gasteiger partial charge in [-0.05, 0) is 64.5 Å². The van der Waals surface area contributed by atoms with Crippen LogP contribution in [0.15, 0.2) is 46.5 Å². The standard InChI is InChI=1S/C29H23BrCl2N2O9/c1-33-26(41)28(31)10-16-13(21(29(28,32)27(33)42)11-7-17(30)22(36)19(8-11)43-2)5-6-15-20(16)24(38)34(23(15)37)12-3-4-14(25(39)40)18(35)9-12/h3-5,7-9,15-16,20-21,35-36H,6,10H2,1-2H3,(H,39,40). The summed E-state index contributed by atoms with van der Waals surface area (Å²) in [5, 5.41) is 30.0. The van der Waals surface area contributed by atoms with Crippen LogP contribution in [0.3, 0.4) is 0 Å². The van der Waals surface area contributed by atoms with Gasteiger partial charge in [-0.3, -0.25) is 24.1 Å².